The van der Waals surface area contributed by atoms with Crippen LogP contribution in [0.3, 0.4) is 0 Å². The molecule has 1 atom stereocenters. The lowest BCUT2D eigenvalue weighted by Gasteiger charge is -2.31. The smallest absolute Gasteiger partial charge is 0.318 e. The zero-order chi connectivity index (χ0) is 21.4. The van der Waals surface area contributed by atoms with E-state index in [0.717, 1.165) is 33.8 Å². The Balaban J connectivity index is 1.64. The number of hydrogen-bond donors (Lipinski definition) is 1. The molecule has 1 aliphatic rings. The maximum Gasteiger partial charge on any atom is 0.322 e. The number of aryl methyl sites for hydroxylation is 1. The molecule has 1 N–H and O–H groups in total. The fraction of sp³-hybridized carbons (Fsp3) is 0.115. The number of carbonyl (C=O) groups excluding carboxylic acids is 1. The summed E-state index contributed by atoms with van der Waals surface area (Å²) in [5.74, 6) is 0. The van der Waals surface area contributed by atoms with Crippen LogP contribution in [0.4, 0.5) is 10.5 Å². The van der Waals surface area contributed by atoms with Crippen molar-refractivity contribution in [3.63, 3.8) is 0 Å². The number of urea groups is 1. The van der Waals surface area contributed by atoms with Crippen LogP contribution in [0.1, 0.15) is 28.4 Å². The molecular formula is C26H22ClN3O. The Hall–Kier alpha value is -3.50. The Labute approximate surface area is 186 Å². The third-order valence-corrected chi connectivity index (χ3v) is 6.05. The largest absolute Gasteiger partial charge is 0.322 e. The number of benzene rings is 3. The molecule has 5 heteroatoms. The molecular weight excluding hydrogens is 406 g/mol. The Kier molecular flexibility index (Phi) is 5.00. The minimum Gasteiger partial charge on any atom is -0.318 e. The van der Waals surface area contributed by atoms with E-state index in [1.807, 2.05) is 78.6 Å². The highest BCUT2D eigenvalue weighted by molar-refractivity contribution is 6.30. The number of carbonyl (C=O) groups is 1. The molecule has 3 aromatic carbocycles. The second kappa shape index (κ2) is 7.97. The lowest BCUT2D eigenvalue weighted by atomic mass is 10.0. The summed E-state index contributed by atoms with van der Waals surface area (Å²) in [4.78, 5) is 15.5. The first-order valence-electron chi connectivity index (χ1n) is 10.3. The highest BCUT2D eigenvalue weighted by Gasteiger charge is 2.33. The van der Waals surface area contributed by atoms with Gasteiger partial charge in [-0.3, -0.25) is 0 Å². The van der Waals surface area contributed by atoms with E-state index in [1.165, 1.54) is 0 Å². The van der Waals surface area contributed by atoms with E-state index < -0.39 is 0 Å². The third kappa shape index (κ3) is 3.60. The Bertz CT molecular complexity index is 1250. The van der Waals surface area contributed by atoms with Crippen molar-refractivity contribution in [1.29, 1.82) is 0 Å². The van der Waals surface area contributed by atoms with Gasteiger partial charge in [0.25, 0.3) is 0 Å². The van der Waals surface area contributed by atoms with Gasteiger partial charge in [-0.15, -0.1) is 0 Å². The maximum atomic E-state index is 13.6. The summed E-state index contributed by atoms with van der Waals surface area (Å²) in [6, 6.07) is 27.5. The fourth-order valence-corrected chi connectivity index (χ4v) is 4.36. The van der Waals surface area contributed by atoms with Crippen LogP contribution in [0.25, 0.3) is 5.69 Å². The predicted octanol–water partition coefficient (Wildman–Crippen LogP) is 6.58. The maximum absolute atomic E-state index is 13.6. The molecule has 4 nitrogen and oxygen atoms in total. The first kappa shape index (κ1) is 19.5. The molecule has 0 saturated carbocycles. The highest BCUT2D eigenvalue weighted by Crippen LogP contribution is 2.37. The first-order valence-corrected chi connectivity index (χ1v) is 10.6. The van der Waals surface area contributed by atoms with Crippen LogP contribution >= 0.6 is 11.6 Å². The molecule has 0 fully saturated rings. The zero-order valence-electron chi connectivity index (χ0n) is 17.1. The van der Waals surface area contributed by atoms with Crippen LogP contribution in [-0.4, -0.2) is 15.5 Å². The summed E-state index contributed by atoms with van der Waals surface area (Å²) in [6.07, 6.45) is 2.06. The van der Waals surface area contributed by atoms with Gasteiger partial charge in [-0.25, -0.2) is 4.79 Å². The van der Waals surface area contributed by atoms with Crippen molar-refractivity contribution >= 4 is 23.3 Å². The molecule has 1 aliphatic heterocycles. The van der Waals surface area contributed by atoms with Gasteiger partial charge in [-0.05, 0) is 60.0 Å². The summed E-state index contributed by atoms with van der Waals surface area (Å²) in [6.45, 7) is 2.48. The lowest BCUT2D eigenvalue weighted by molar-refractivity contribution is 0.194. The lowest BCUT2D eigenvalue weighted by Crippen LogP contribution is -2.38. The van der Waals surface area contributed by atoms with Gasteiger partial charge in [0, 0.05) is 22.6 Å². The minimum atomic E-state index is -0.260. The predicted molar refractivity (Wildman–Crippen MR) is 125 cm³/mol. The van der Waals surface area contributed by atoms with Gasteiger partial charge in [-0.2, -0.15) is 0 Å². The van der Waals surface area contributed by atoms with E-state index in [2.05, 4.69) is 34.3 Å². The molecule has 0 spiro atoms. The summed E-state index contributed by atoms with van der Waals surface area (Å²) < 4.78 is 2.18. The van der Waals surface area contributed by atoms with Crippen LogP contribution in [0, 0.1) is 6.92 Å². The number of aromatic nitrogens is 1. The van der Waals surface area contributed by atoms with Crippen LogP contribution in [0.5, 0.6) is 0 Å². The second-order valence-corrected chi connectivity index (χ2v) is 8.20. The average molecular weight is 428 g/mol. The molecule has 0 unspecified atom stereocenters. The van der Waals surface area contributed by atoms with Crippen molar-refractivity contribution in [3.05, 3.63) is 119 Å². The summed E-state index contributed by atoms with van der Waals surface area (Å²) in [5.41, 5.74) is 6.07. The molecule has 0 radical (unpaired) electrons. The zero-order valence-corrected chi connectivity index (χ0v) is 17.9. The molecule has 0 saturated heterocycles. The van der Waals surface area contributed by atoms with Crippen LogP contribution in [0.15, 0.2) is 91.1 Å². The third-order valence-electron chi connectivity index (χ3n) is 5.80. The van der Waals surface area contributed by atoms with E-state index in [4.69, 9.17) is 11.6 Å². The van der Waals surface area contributed by atoms with Gasteiger partial charge in [-0.1, -0.05) is 60.1 Å². The van der Waals surface area contributed by atoms with Crippen LogP contribution in [0.2, 0.25) is 5.02 Å². The number of anilines is 1. The van der Waals surface area contributed by atoms with Crippen molar-refractivity contribution in [2.24, 2.45) is 0 Å². The number of amides is 2. The number of fused-ring (bicyclic) bond motifs is 3. The average Bonchev–Trinajstić information content (AvgIpc) is 3.20. The Morgan fingerprint density at radius 1 is 0.935 bits per heavy atom. The van der Waals surface area contributed by atoms with Gasteiger partial charge in [0.2, 0.25) is 0 Å². The molecule has 31 heavy (non-hydrogen) atoms. The monoisotopic (exact) mass is 427 g/mol. The van der Waals surface area contributed by atoms with Gasteiger partial charge >= 0.3 is 6.03 Å². The highest BCUT2D eigenvalue weighted by atomic mass is 35.5. The van der Waals surface area contributed by atoms with Gasteiger partial charge < -0.3 is 14.8 Å². The SMILES string of the molecule is Cc1ccccc1NC(=O)N1Cc2ccccc2-n2cccc2[C@H]1c1ccc(Cl)cc1. The fourth-order valence-electron chi connectivity index (χ4n) is 4.24. The van der Waals surface area contributed by atoms with E-state index in [1.54, 1.807) is 0 Å². The van der Waals surface area contributed by atoms with Crippen molar-refractivity contribution in [2.75, 3.05) is 5.32 Å². The quantitative estimate of drug-likeness (QED) is 0.385. The molecule has 154 valence electrons. The van der Waals surface area contributed by atoms with E-state index >= 15 is 0 Å². The summed E-state index contributed by atoms with van der Waals surface area (Å²) >= 11 is 6.16. The van der Waals surface area contributed by atoms with Gasteiger partial charge in [0.1, 0.15) is 0 Å². The number of nitrogens with zero attached hydrogens (tertiary/aromatic N) is 2. The number of nitrogens with one attached hydrogen (secondary N) is 1. The summed E-state index contributed by atoms with van der Waals surface area (Å²) in [7, 11) is 0. The molecule has 0 aliphatic carbocycles. The van der Waals surface area contributed by atoms with Gasteiger partial charge in [0.15, 0.2) is 0 Å². The van der Waals surface area contributed by atoms with Crippen LogP contribution in [-0.2, 0) is 6.54 Å². The molecule has 5 rings (SSSR count). The molecule has 2 heterocycles. The normalized spacial score (nSPS) is 15.0. The van der Waals surface area contributed by atoms with Crippen molar-refractivity contribution in [3.8, 4) is 5.69 Å². The molecule has 1 aromatic heterocycles. The number of rotatable bonds is 2. The number of para-hydroxylation sites is 2. The van der Waals surface area contributed by atoms with E-state index in [9.17, 15) is 4.79 Å². The topological polar surface area (TPSA) is 37.3 Å². The summed E-state index contributed by atoms with van der Waals surface area (Å²) in [5, 5.41) is 3.80. The second-order valence-electron chi connectivity index (χ2n) is 7.76. The molecule has 2 amide bonds. The standard InChI is InChI=1S/C26H22ClN3O/c1-18-7-2-4-9-22(18)28-26(31)30-17-20-8-3-5-10-23(20)29-16-6-11-24(29)25(30)19-12-14-21(27)15-13-19/h2-16,25H,17H2,1H3,(H,28,31)/t25-/m1/s1. The number of halogens is 1. The first-order chi connectivity index (χ1) is 15.1. The minimum absolute atomic E-state index is 0.140. The molecule has 0 bridgehead atoms. The van der Waals surface area contributed by atoms with E-state index in [-0.39, 0.29) is 12.1 Å². The van der Waals surface area contributed by atoms with Crippen LogP contribution < -0.4 is 5.32 Å². The van der Waals surface area contributed by atoms with E-state index in [0.29, 0.717) is 11.6 Å². The van der Waals surface area contributed by atoms with Crippen molar-refractivity contribution < 1.29 is 4.79 Å². The molecule has 4 aromatic rings. The Morgan fingerprint density at radius 3 is 2.48 bits per heavy atom. The van der Waals surface area contributed by atoms with Crippen molar-refractivity contribution in [1.82, 2.24) is 9.47 Å². The Morgan fingerprint density at radius 2 is 1.68 bits per heavy atom. The van der Waals surface area contributed by atoms with Crippen molar-refractivity contribution in [2.45, 2.75) is 19.5 Å². The van der Waals surface area contributed by atoms with Gasteiger partial charge in [0.05, 0.1) is 18.3 Å². The number of hydrogen-bond acceptors (Lipinski definition) is 1.